The van der Waals surface area contributed by atoms with Crippen LogP contribution in [0.5, 0.6) is 0 Å². The summed E-state index contributed by atoms with van der Waals surface area (Å²) in [5, 5.41) is 10.9. The van der Waals surface area contributed by atoms with Gasteiger partial charge in [-0.25, -0.2) is 15.0 Å². The van der Waals surface area contributed by atoms with Crippen molar-refractivity contribution in [2.24, 2.45) is 0 Å². The first-order valence-corrected chi connectivity index (χ1v) is 9.90. The summed E-state index contributed by atoms with van der Waals surface area (Å²) in [5.41, 5.74) is 11.2. The van der Waals surface area contributed by atoms with Crippen molar-refractivity contribution in [3.05, 3.63) is 84.8 Å². The molecule has 0 atom stereocenters. The molecule has 0 aliphatic rings. The number of benzene rings is 1. The standard InChI is InChI=1S/C24H18N6O2.Li/c25-22-18(4-2-12-27-22)23-29-20-10-9-19(16-3-1-11-26-14-16)28-24(20)30(23)17-7-5-15(6-8-17)13-21(31)32;/h1-12,14H,13H2,(H2,25,27)(H,31,32);/q;+1/p-1. The molecule has 1 aromatic carbocycles. The molecule has 0 aliphatic carbocycles. The Bertz CT molecular complexity index is 1440. The van der Waals surface area contributed by atoms with Gasteiger partial charge in [-0.1, -0.05) is 12.1 Å². The molecule has 0 fully saturated rings. The van der Waals surface area contributed by atoms with Gasteiger partial charge in [-0.05, 0) is 54.1 Å². The summed E-state index contributed by atoms with van der Waals surface area (Å²) >= 11 is 0. The molecule has 0 spiro atoms. The summed E-state index contributed by atoms with van der Waals surface area (Å²) in [4.78, 5) is 29.0. The van der Waals surface area contributed by atoms with Crippen molar-refractivity contribution < 1.29 is 28.8 Å². The van der Waals surface area contributed by atoms with Crippen molar-refractivity contribution in [1.82, 2.24) is 24.5 Å². The van der Waals surface area contributed by atoms with Crippen LogP contribution in [0.3, 0.4) is 0 Å². The van der Waals surface area contributed by atoms with Gasteiger partial charge in [-0.2, -0.15) is 0 Å². The predicted octanol–water partition coefficient (Wildman–Crippen LogP) is -0.577. The second kappa shape index (κ2) is 9.24. The van der Waals surface area contributed by atoms with E-state index in [9.17, 15) is 9.90 Å². The number of rotatable bonds is 5. The first-order valence-electron chi connectivity index (χ1n) is 9.90. The number of carboxylic acids is 1. The van der Waals surface area contributed by atoms with Crippen molar-refractivity contribution >= 4 is 23.0 Å². The van der Waals surface area contributed by atoms with Crippen molar-refractivity contribution in [3.63, 3.8) is 0 Å². The SMILES string of the molecule is Nc1ncccc1-c1nc2ccc(-c3cccnc3)nc2n1-c1ccc(CC(=O)[O-])cc1.[Li+]. The van der Waals surface area contributed by atoms with Crippen molar-refractivity contribution in [2.45, 2.75) is 6.42 Å². The van der Waals surface area contributed by atoms with E-state index < -0.39 is 5.97 Å². The molecule has 156 valence electrons. The number of hydrogen-bond donors (Lipinski definition) is 1. The average Bonchev–Trinajstić information content (AvgIpc) is 3.18. The van der Waals surface area contributed by atoms with Gasteiger partial charge in [0.15, 0.2) is 11.5 Å². The van der Waals surface area contributed by atoms with E-state index in [0.717, 1.165) is 16.9 Å². The third-order valence-corrected chi connectivity index (χ3v) is 5.08. The van der Waals surface area contributed by atoms with Crippen LogP contribution < -0.4 is 29.7 Å². The minimum atomic E-state index is -1.13. The Balaban J connectivity index is 0.00000259. The fraction of sp³-hybridized carbons (Fsp3) is 0.0417. The molecule has 9 heteroatoms. The predicted molar refractivity (Wildman–Crippen MR) is 118 cm³/mol. The van der Waals surface area contributed by atoms with Crippen LogP contribution >= 0.6 is 0 Å². The molecule has 0 radical (unpaired) electrons. The molecule has 0 saturated carbocycles. The fourth-order valence-electron chi connectivity index (χ4n) is 3.59. The summed E-state index contributed by atoms with van der Waals surface area (Å²) in [7, 11) is 0. The number of anilines is 1. The van der Waals surface area contributed by atoms with Gasteiger partial charge in [0.2, 0.25) is 0 Å². The van der Waals surface area contributed by atoms with Crippen LogP contribution in [-0.4, -0.2) is 30.5 Å². The van der Waals surface area contributed by atoms with Crippen molar-refractivity contribution in [1.29, 1.82) is 0 Å². The molecule has 0 bridgehead atoms. The van der Waals surface area contributed by atoms with Crippen LogP contribution in [0.2, 0.25) is 0 Å². The second-order valence-electron chi connectivity index (χ2n) is 7.20. The number of pyridine rings is 3. The van der Waals surface area contributed by atoms with Crippen LogP contribution in [0.25, 0.3) is 39.5 Å². The molecular formula is C24H17LiN6O2. The van der Waals surface area contributed by atoms with E-state index in [4.69, 9.17) is 15.7 Å². The van der Waals surface area contributed by atoms with Gasteiger partial charge in [0.05, 0.1) is 11.3 Å². The van der Waals surface area contributed by atoms with Gasteiger partial charge in [-0.3, -0.25) is 9.55 Å². The Labute approximate surface area is 201 Å². The molecule has 0 amide bonds. The number of nitrogens with two attached hydrogens (primary N) is 1. The zero-order chi connectivity index (χ0) is 22.1. The number of nitrogens with zero attached hydrogens (tertiary/aromatic N) is 5. The Morgan fingerprint density at radius 3 is 2.45 bits per heavy atom. The summed E-state index contributed by atoms with van der Waals surface area (Å²) in [5.74, 6) is -0.184. The molecule has 2 N–H and O–H groups in total. The average molecular weight is 428 g/mol. The molecule has 0 saturated heterocycles. The smallest absolute Gasteiger partial charge is 0.550 e. The first-order chi connectivity index (χ1) is 15.6. The monoisotopic (exact) mass is 428 g/mol. The topological polar surface area (TPSA) is 123 Å². The Kier molecular flexibility index (Phi) is 6.22. The van der Waals surface area contributed by atoms with Crippen molar-refractivity contribution in [3.8, 4) is 28.3 Å². The van der Waals surface area contributed by atoms with Gasteiger partial charge in [-0.15, -0.1) is 0 Å². The number of fused-ring (bicyclic) bond motifs is 1. The number of carbonyl (C=O) groups is 1. The number of imidazole rings is 1. The van der Waals surface area contributed by atoms with E-state index in [0.29, 0.717) is 33.9 Å². The van der Waals surface area contributed by atoms with Crippen LogP contribution in [0, 0.1) is 0 Å². The van der Waals surface area contributed by atoms with Gasteiger partial charge in [0.1, 0.15) is 11.3 Å². The molecule has 4 heterocycles. The third kappa shape index (κ3) is 4.35. The van der Waals surface area contributed by atoms with E-state index in [1.807, 2.05) is 47.0 Å². The van der Waals surface area contributed by atoms with Crippen LogP contribution in [0.1, 0.15) is 5.56 Å². The first kappa shape index (κ1) is 22.2. The van der Waals surface area contributed by atoms with Crippen LogP contribution in [0.15, 0.2) is 79.3 Å². The zero-order valence-corrected chi connectivity index (χ0v) is 17.8. The van der Waals surface area contributed by atoms with E-state index in [-0.39, 0.29) is 25.3 Å². The molecule has 8 nitrogen and oxygen atoms in total. The number of aliphatic carboxylic acids is 1. The Morgan fingerprint density at radius 1 is 0.970 bits per heavy atom. The number of nitrogen functional groups attached to an aromatic ring is 1. The molecule has 5 rings (SSSR count). The summed E-state index contributed by atoms with van der Waals surface area (Å²) in [6.07, 6.45) is 4.93. The minimum absolute atomic E-state index is 0. The second-order valence-corrected chi connectivity index (χ2v) is 7.20. The fourth-order valence-corrected chi connectivity index (χ4v) is 3.59. The largest absolute Gasteiger partial charge is 1.00 e. The maximum Gasteiger partial charge on any atom is 1.00 e. The zero-order valence-electron chi connectivity index (χ0n) is 17.8. The van der Waals surface area contributed by atoms with Crippen molar-refractivity contribution in [2.75, 3.05) is 5.73 Å². The normalized spacial score (nSPS) is 10.7. The van der Waals surface area contributed by atoms with E-state index in [2.05, 4.69) is 9.97 Å². The van der Waals surface area contributed by atoms with Gasteiger partial charge >= 0.3 is 18.9 Å². The quantitative estimate of drug-likeness (QED) is 0.372. The minimum Gasteiger partial charge on any atom is -0.550 e. The summed E-state index contributed by atoms with van der Waals surface area (Å²) < 4.78 is 1.89. The molecule has 4 aromatic heterocycles. The van der Waals surface area contributed by atoms with E-state index in [1.54, 1.807) is 36.8 Å². The van der Waals surface area contributed by atoms with E-state index >= 15 is 0 Å². The number of carboxylic acid groups (broad SMARTS) is 1. The molecular weight excluding hydrogens is 411 g/mol. The van der Waals surface area contributed by atoms with Crippen LogP contribution in [-0.2, 0) is 11.2 Å². The maximum atomic E-state index is 10.9. The molecule has 33 heavy (non-hydrogen) atoms. The Hall–Kier alpha value is -3.99. The maximum absolute atomic E-state index is 10.9. The summed E-state index contributed by atoms with van der Waals surface area (Å²) in [6, 6.07) is 18.4. The molecule has 5 aromatic rings. The van der Waals surface area contributed by atoms with Gasteiger partial charge in [0.25, 0.3) is 0 Å². The third-order valence-electron chi connectivity index (χ3n) is 5.08. The summed E-state index contributed by atoms with van der Waals surface area (Å²) in [6.45, 7) is 0. The van der Waals surface area contributed by atoms with E-state index in [1.165, 1.54) is 0 Å². The van der Waals surface area contributed by atoms with Crippen LogP contribution in [0.4, 0.5) is 5.82 Å². The number of carbonyl (C=O) groups excluding carboxylic acids is 1. The Morgan fingerprint density at radius 2 is 1.76 bits per heavy atom. The van der Waals surface area contributed by atoms with Gasteiger partial charge in [0, 0.05) is 42.2 Å². The van der Waals surface area contributed by atoms with Gasteiger partial charge < -0.3 is 15.6 Å². The number of hydrogen-bond acceptors (Lipinski definition) is 7. The number of aromatic nitrogens is 5. The molecule has 0 unspecified atom stereocenters. The molecule has 0 aliphatic heterocycles.